The molecule has 4 aromatic rings. The second kappa shape index (κ2) is 9.33. The molecule has 0 amide bonds. The third kappa shape index (κ3) is 4.68. The smallest absolute Gasteiger partial charge is 0.227 e. The summed E-state index contributed by atoms with van der Waals surface area (Å²) in [6, 6.07) is 9.69. The average molecular weight is 447 g/mol. The second-order valence-electron chi connectivity index (χ2n) is 8.25. The van der Waals surface area contributed by atoms with Crippen molar-refractivity contribution in [1.29, 1.82) is 0 Å². The van der Waals surface area contributed by atoms with Crippen LogP contribution in [0.25, 0.3) is 17.0 Å². The zero-order valence-corrected chi connectivity index (χ0v) is 19.7. The lowest BCUT2D eigenvalue weighted by Crippen LogP contribution is -2.29. The summed E-state index contributed by atoms with van der Waals surface area (Å²) >= 11 is 0. The molecular weight excluding hydrogens is 416 g/mol. The van der Waals surface area contributed by atoms with Crippen molar-refractivity contribution in [2.24, 2.45) is 0 Å². The molecule has 9 nitrogen and oxygen atoms in total. The molecule has 0 bridgehead atoms. The van der Waals surface area contributed by atoms with Gasteiger partial charge in [0.15, 0.2) is 0 Å². The van der Waals surface area contributed by atoms with Crippen LogP contribution in [0.5, 0.6) is 5.75 Å². The number of ether oxygens (including phenoxy) is 1. The molecule has 0 radical (unpaired) electrons. The number of fused-ring (bicyclic) bond motifs is 1. The highest BCUT2D eigenvalue weighted by atomic mass is 16.5. The number of pyridine rings is 1. The zero-order chi connectivity index (χ0) is 23.5. The van der Waals surface area contributed by atoms with Crippen LogP contribution in [-0.2, 0) is 0 Å². The van der Waals surface area contributed by atoms with Crippen LogP contribution in [0, 0.1) is 6.92 Å². The maximum absolute atomic E-state index is 6.39. The largest absolute Gasteiger partial charge is 0.494 e. The van der Waals surface area contributed by atoms with Crippen molar-refractivity contribution >= 4 is 28.7 Å². The lowest BCUT2D eigenvalue weighted by Gasteiger charge is -2.24. The number of methoxy groups -OCH3 is 1. The van der Waals surface area contributed by atoms with Gasteiger partial charge in [-0.2, -0.15) is 0 Å². The highest BCUT2D eigenvalue weighted by Crippen LogP contribution is 2.36. The third-order valence-corrected chi connectivity index (χ3v) is 5.54. The summed E-state index contributed by atoms with van der Waals surface area (Å²) in [5.41, 5.74) is 12.3. The number of hydrogen-bond acceptors (Lipinski definition) is 8. The number of nitrogens with zero attached hydrogens (tertiary/aromatic N) is 6. The number of nitrogen functional groups attached to an aromatic ring is 1. The van der Waals surface area contributed by atoms with Crippen LogP contribution < -0.4 is 20.7 Å². The Kier molecular flexibility index (Phi) is 6.32. The minimum absolute atomic E-state index is 0.446. The number of aryl methyl sites for hydroxylation is 1. The first-order chi connectivity index (χ1) is 15.9. The van der Waals surface area contributed by atoms with E-state index < -0.39 is 0 Å². The van der Waals surface area contributed by atoms with E-state index in [9.17, 15) is 0 Å². The summed E-state index contributed by atoms with van der Waals surface area (Å²) in [7, 11) is 7.75. The van der Waals surface area contributed by atoms with E-state index in [1.165, 1.54) is 0 Å². The lowest BCUT2D eigenvalue weighted by atomic mass is 10.2. The van der Waals surface area contributed by atoms with E-state index in [1.54, 1.807) is 13.3 Å². The van der Waals surface area contributed by atoms with Gasteiger partial charge in [0.2, 0.25) is 5.95 Å². The molecule has 0 atom stereocenters. The van der Waals surface area contributed by atoms with Crippen LogP contribution in [0.4, 0.5) is 23.0 Å². The van der Waals surface area contributed by atoms with Crippen LogP contribution >= 0.6 is 0 Å². The van der Waals surface area contributed by atoms with Crippen LogP contribution in [-0.4, -0.2) is 65.6 Å². The molecule has 172 valence electrons. The van der Waals surface area contributed by atoms with E-state index in [1.807, 2.05) is 75.2 Å². The van der Waals surface area contributed by atoms with E-state index in [0.717, 1.165) is 41.4 Å². The van der Waals surface area contributed by atoms with Crippen molar-refractivity contribution in [2.45, 2.75) is 6.92 Å². The fourth-order valence-electron chi connectivity index (χ4n) is 3.68. The average Bonchev–Trinajstić information content (AvgIpc) is 3.23. The van der Waals surface area contributed by atoms with Crippen molar-refractivity contribution in [3.8, 4) is 17.1 Å². The molecule has 9 heteroatoms. The molecular formula is C24H30N8O. The van der Waals surface area contributed by atoms with E-state index >= 15 is 0 Å². The number of hydrogen-bond donors (Lipinski definition) is 2. The van der Waals surface area contributed by atoms with Crippen LogP contribution in [0.1, 0.15) is 5.56 Å². The number of anilines is 4. The van der Waals surface area contributed by atoms with Gasteiger partial charge in [0, 0.05) is 38.6 Å². The molecule has 0 aliphatic heterocycles. The Morgan fingerprint density at radius 2 is 1.94 bits per heavy atom. The standard InChI is InChI=1S/C24H30N8O/c1-16-7-6-10-32-21(15-27-23(16)32)18-8-9-26-24(28-18)29-19-13-17(25)20(14-22(19)33-5)31(4)12-11-30(2)3/h6-10,13-15H,11-12,25H2,1-5H3,(H,26,28,29). The topological polar surface area (TPSA) is 96.8 Å². The summed E-state index contributed by atoms with van der Waals surface area (Å²) in [5.74, 6) is 1.11. The minimum atomic E-state index is 0.446. The molecule has 0 fully saturated rings. The summed E-state index contributed by atoms with van der Waals surface area (Å²) in [5, 5.41) is 3.26. The van der Waals surface area contributed by atoms with Gasteiger partial charge in [-0.15, -0.1) is 0 Å². The minimum Gasteiger partial charge on any atom is -0.494 e. The lowest BCUT2D eigenvalue weighted by molar-refractivity contribution is 0.413. The molecule has 3 aromatic heterocycles. The Hall–Kier alpha value is -3.85. The van der Waals surface area contributed by atoms with E-state index in [4.69, 9.17) is 15.5 Å². The molecule has 4 rings (SSSR count). The van der Waals surface area contributed by atoms with Crippen LogP contribution in [0.3, 0.4) is 0 Å². The number of aromatic nitrogens is 4. The van der Waals surface area contributed by atoms with Crippen molar-refractivity contribution in [3.63, 3.8) is 0 Å². The first kappa shape index (κ1) is 22.3. The Morgan fingerprint density at radius 3 is 2.70 bits per heavy atom. The highest BCUT2D eigenvalue weighted by molar-refractivity contribution is 5.79. The Balaban J connectivity index is 1.63. The predicted octanol–water partition coefficient (Wildman–Crippen LogP) is 3.43. The molecule has 0 spiro atoms. The van der Waals surface area contributed by atoms with Gasteiger partial charge < -0.3 is 25.6 Å². The van der Waals surface area contributed by atoms with Gasteiger partial charge in [0.1, 0.15) is 11.4 Å². The van der Waals surface area contributed by atoms with Gasteiger partial charge in [0.05, 0.1) is 41.8 Å². The predicted molar refractivity (Wildman–Crippen MR) is 133 cm³/mol. The number of benzene rings is 1. The SMILES string of the molecule is COc1cc(N(C)CCN(C)C)c(N)cc1Nc1nccc(-c2cnc3c(C)cccn23)n1. The number of nitrogens with one attached hydrogen (secondary N) is 1. The second-order valence-corrected chi connectivity index (χ2v) is 8.25. The fourth-order valence-corrected chi connectivity index (χ4v) is 3.68. The first-order valence-electron chi connectivity index (χ1n) is 10.7. The summed E-state index contributed by atoms with van der Waals surface area (Å²) in [4.78, 5) is 17.9. The van der Waals surface area contributed by atoms with Gasteiger partial charge in [-0.1, -0.05) is 6.07 Å². The molecule has 33 heavy (non-hydrogen) atoms. The van der Waals surface area contributed by atoms with Crippen molar-refractivity contribution < 1.29 is 4.74 Å². The maximum atomic E-state index is 6.39. The third-order valence-electron chi connectivity index (χ3n) is 5.54. The Morgan fingerprint density at radius 1 is 1.12 bits per heavy atom. The van der Waals surface area contributed by atoms with Gasteiger partial charge in [-0.3, -0.25) is 4.40 Å². The number of rotatable bonds is 8. The number of imidazole rings is 1. The van der Waals surface area contributed by atoms with E-state index in [2.05, 4.69) is 25.1 Å². The summed E-state index contributed by atoms with van der Waals surface area (Å²) in [6.45, 7) is 3.80. The monoisotopic (exact) mass is 446 g/mol. The molecule has 0 saturated heterocycles. The maximum Gasteiger partial charge on any atom is 0.227 e. The molecule has 0 unspecified atom stereocenters. The molecule has 3 heterocycles. The Labute approximate surface area is 193 Å². The van der Waals surface area contributed by atoms with E-state index in [0.29, 0.717) is 23.1 Å². The van der Waals surface area contributed by atoms with Crippen molar-refractivity contribution in [1.82, 2.24) is 24.3 Å². The number of nitrogens with two attached hydrogens (primary N) is 1. The van der Waals surface area contributed by atoms with Gasteiger partial charge in [-0.05, 0) is 44.8 Å². The first-order valence-corrected chi connectivity index (χ1v) is 10.7. The fraction of sp³-hybridized carbons (Fsp3) is 0.292. The van der Waals surface area contributed by atoms with Gasteiger partial charge >= 0.3 is 0 Å². The van der Waals surface area contributed by atoms with Gasteiger partial charge in [-0.25, -0.2) is 15.0 Å². The molecule has 0 saturated carbocycles. The zero-order valence-electron chi connectivity index (χ0n) is 19.7. The van der Waals surface area contributed by atoms with Crippen LogP contribution in [0.2, 0.25) is 0 Å². The number of likely N-dealkylation sites (N-methyl/N-ethyl adjacent to an activating group) is 2. The summed E-state index contributed by atoms with van der Waals surface area (Å²) < 4.78 is 7.66. The van der Waals surface area contributed by atoms with E-state index in [-0.39, 0.29) is 0 Å². The molecule has 1 aromatic carbocycles. The quantitative estimate of drug-likeness (QED) is 0.398. The van der Waals surface area contributed by atoms with Crippen LogP contribution in [0.15, 0.2) is 48.9 Å². The molecule has 3 N–H and O–H groups in total. The van der Waals surface area contributed by atoms with Crippen molar-refractivity contribution in [3.05, 3.63) is 54.5 Å². The molecule has 0 aliphatic carbocycles. The summed E-state index contributed by atoms with van der Waals surface area (Å²) in [6.07, 6.45) is 5.53. The van der Waals surface area contributed by atoms with Gasteiger partial charge in [0.25, 0.3) is 0 Å². The van der Waals surface area contributed by atoms with Crippen molar-refractivity contribution in [2.75, 3.05) is 57.3 Å². The molecule has 0 aliphatic rings. The normalized spacial score (nSPS) is 11.2. The Bertz CT molecular complexity index is 1270. The highest BCUT2D eigenvalue weighted by Gasteiger charge is 2.15.